The number of rotatable bonds is 3. The number of hydrogen-bond acceptors (Lipinski definition) is 2. The van der Waals surface area contributed by atoms with Crippen molar-refractivity contribution in [1.29, 1.82) is 0 Å². The van der Waals surface area contributed by atoms with Gasteiger partial charge in [-0.05, 0) is 59.6 Å². The lowest BCUT2D eigenvalue weighted by Crippen LogP contribution is -2.01. The number of aromatic nitrogens is 2. The SMILES string of the molecule is Cc1ccc(Nc2nc(C)cn2-c2ccccc2)c(Br)c1. The molecule has 0 bridgehead atoms. The van der Waals surface area contributed by atoms with Crippen molar-refractivity contribution in [3.8, 4) is 5.69 Å². The molecular formula is C17H16BrN3. The minimum absolute atomic E-state index is 0.809. The summed E-state index contributed by atoms with van der Waals surface area (Å²) in [5, 5.41) is 3.39. The number of hydrogen-bond donors (Lipinski definition) is 1. The molecule has 0 radical (unpaired) electrons. The molecule has 0 unspecified atom stereocenters. The highest BCUT2D eigenvalue weighted by molar-refractivity contribution is 9.10. The number of nitrogens with one attached hydrogen (secondary N) is 1. The Labute approximate surface area is 132 Å². The van der Waals surface area contributed by atoms with E-state index in [0.717, 1.165) is 27.5 Å². The third-order valence-corrected chi connectivity index (χ3v) is 3.89. The smallest absolute Gasteiger partial charge is 0.212 e. The first-order valence-corrected chi connectivity index (χ1v) is 7.57. The molecule has 0 saturated heterocycles. The normalized spacial score (nSPS) is 10.6. The van der Waals surface area contributed by atoms with Gasteiger partial charge >= 0.3 is 0 Å². The molecule has 3 rings (SSSR count). The third kappa shape index (κ3) is 3.00. The molecule has 0 saturated carbocycles. The average Bonchev–Trinajstić information content (AvgIpc) is 2.84. The molecule has 1 aromatic heterocycles. The van der Waals surface area contributed by atoms with Gasteiger partial charge in [-0.25, -0.2) is 4.98 Å². The van der Waals surface area contributed by atoms with Crippen LogP contribution in [0, 0.1) is 13.8 Å². The molecule has 0 amide bonds. The van der Waals surface area contributed by atoms with Crippen molar-refractivity contribution in [1.82, 2.24) is 9.55 Å². The molecular weight excluding hydrogens is 326 g/mol. The summed E-state index contributed by atoms with van der Waals surface area (Å²) < 4.78 is 3.09. The predicted molar refractivity (Wildman–Crippen MR) is 90.5 cm³/mol. The van der Waals surface area contributed by atoms with Gasteiger partial charge in [-0.2, -0.15) is 0 Å². The topological polar surface area (TPSA) is 29.9 Å². The minimum atomic E-state index is 0.809. The Hall–Kier alpha value is -2.07. The van der Waals surface area contributed by atoms with Gasteiger partial charge in [-0.3, -0.25) is 4.57 Å². The minimum Gasteiger partial charge on any atom is -0.324 e. The molecule has 1 N–H and O–H groups in total. The van der Waals surface area contributed by atoms with Gasteiger partial charge in [-0.1, -0.05) is 24.3 Å². The van der Waals surface area contributed by atoms with E-state index in [1.807, 2.05) is 31.3 Å². The predicted octanol–water partition coefficient (Wildman–Crippen LogP) is 5.00. The lowest BCUT2D eigenvalue weighted by atomic mass is 10.2. The summed E-state index contributed by atoms with van der Waals surface area (Å²) in [5.74, 6) is 0.809. The fourth-order valence-electron chi connectivity index (χ4n) is 2.21. The summed E-state index contributed by atoms with van der Waals surface area (Å²) in [6.45, 7) is 4.07. The molecule has 4 heteroatoms. The Morgan fingerprint density at radius 2 is 1.81 bits per heavy atom. The van der Waals surface area contributed by atoms with Crippen molar-refractivity contribution < 1.29 is 0 Å². The van der Waals surface area contributed by atoms with Crippen LogP contribution in [0.1, 0.15) is 11.3 Å². The van der Waals surface area contributed by atoms with Gasteiger partial charge in [0.05, 0.1) is 11.4 Å². The molecule has 3 nitrogen and oxygen atoms in total. The van der Waals surface area contributed by atoms with Crippen LogP contribution in [0.3, 0.4) is 0 Å². The number of nitrogens with zero attached hydrogens (tertiary/aromatic N) is 2. The zero-order valence-corrected chi connectivity index (χ0v) is 13.6. The number of imidazole rings is 1. The first kappa shape index (κ1) is 13.9. The van der Waals surface area contributed by atoms with Gasteiger partial charge in [0.25, 0.3) is 0 Å². The maximum absolute atomic E-state index is 4.58. The molecule has 0 aliphatic heterocycles. The molecule has 0 spiro atoms. The number of aryl methyl sites for hydroxylation is 2. The quantitative estimate of drug-likeness (QED) is 0.726. The summed E-state index contributed by atoms with van der Waals surface area (Å²) in [6.07, 6.45) is 2.03. The van der Waals surface area contributed by atoms with Crippen LogP contribution in [0.4, 0.5) is 11.6 Å². The standard InChI is InChI=1S/C17H16BrN3/c1-12-8-9-16(15(18)10-12)20-17-19-13(2)11-21(17)14-6-4-3-5-7-14/h3-11H,1-2H3,(H,19,20). The zero-order chi connectivity index (χ0) is 14.8. The van der Waals surface area contributed by atoms with Crippen molar-refractivity contribution >= 4 is 27.6 Å². The first-order chi connectivity index (χ1) is 10.1. The van der Waals surface area contributed by atoms with E-state index in [0.29, 0.717) is 0 Å². The van der Waals surface area contributed by atoms with Crippen LogP contribution in [0.25, 0.3) is 5.69 Å². The van der Waals surface area contributed by atoms with Crippen LogP contribution in [0.2, 0.25) is 0 Å². The molecule has 0 atom stereocenters. The Morgan fingerprint density at radius 1 is 1.05 bits per heavy atom. The first-order valence-electron chi connectivity index (χ1n) is 6.78. The highest BCUT2D eigenvalue weighted by Gasteiger charge is 2.09. The second-order valence-corrected chi connectivity index (χ2v) is 5.87. The van der Waals surface area contributed by atoms with Gasteiger partial charge in [0.2, 0.25) is 5.95 Å². The highest BCUT2D eigenvalue weighted by Crippen LogP contribution is 2.27. The van der Waals surface area contributed by atoms with E-state index in [-0.39, 0.29) is 0 Å². The highest BCUT2D eigenvalue weighted by atomic mass is 79.9. The summed E-state index contributed by atoms with van der Waals surface area (Å²) in [6, 6.07) is 16.4. The maximum Gasteiger partial charge on any atom is 0.212 e. The van der Waals surface area contributed by atoms with Crippen molar-refractivity contribution in [3.63, 3.8) is 0 Å². The number of benzene rings is 2. The lowest BCUT2D eigenvalue weighted by Gasteiger charge is -2.11. The van der Waals surface area contributed by atoms with E-state index >= 15 is 0 Å². The molecule has 2 aromatic carbocycles. The molecule has 0 aliphatic rings. The fourth-order valence-corrected chi connectivity index (χ4v) is 2.81. The molecule has 21 heavy (non-hydrogen) atoms. The summed E-state index contributed by atoms with van der Waals surface area (Å²) in [4.78, 5) is 4.58. The van der Waals surface area contributed by atoms with E-state index < -0.39 is 0 Å². The third-order valence-electron chi connectivity index (χ3n) is 3.23. The van der Waals surface area contributed by atoms with Crippen molar-refractivity contribution in [3.05, 3.63) is 70.5 Å². The van der Waals surface area contributed by atoms with Crippen molar-refractivity contribution in [2.75, 3.05) is 5.32 Å². The van der Waals surface area contributed by atoms with Crippen LogP contribution in [0.15, 0.2) is 59.2 Å². The van der Waals surface area contributed by atoms with Crippen LogP contribution in [-0.2, 0) is 0 Å². The van der Waals surface area contributed by atoms with E-state index in [1.165, 1.54) is 5.56 Å². The summed E-state index contributed by atoms with van der Waals surface area (Å²) in [7, 11) is 0. The second kappa shape index (κ2) is 5.74. The monoisotopic (exact) mass is 341 g/mol. The van der Waals surface area contributed by atoms with Crippen LogP contribution >= 0.6 is 15.9 Å². The lowest BCUT2D eigenvalue weighted by molar-refractivity contribution is 1.06. The average molecular weight is 342 g/mol. The Balaban J connectivity index is 2.00. The van der Waals surface area contributed by atoms with Crippen molar-refractivity contribution in [2.24, 2.45) is 0 Å². The molecule has 3 aromatic rings. The van der Waals surface area contributed by atoms with E-state index in [2.05, 4.69) is 68.1 Å². The maximum atomic E-state index is 4.58. The second-order valence-electron chi connectivity index (χ2n) is 5.02. The Kier molecular flexibility index (Phi) is 3.80. The molecule has 0 aliphatic carbocycles. The van der Waals surface area contributed by atoms with E-state index in [9.17, 15) is 0 Å². The van der Waals surface area contributed by atoms with E-state index in [1.54, 1.807) is 0 Å². The molecule has 0 fully saturated rings. The van der Waals surface area contributed by atoms with Gasteiger partial charge < -0.3 is 5.32 Å². The number of para-hydroxylation sites is 1. The zero-order valence-electron chi connectivity index (χ0n) is 12.0. The van der Waals surface area contributed by atoms with E-state index in [4.69, 9.17) is 0 Å². The Morgan fingerprint density at radius 3 is 2.52 bits per heavy atom. The van der Waals surface area contributed by atoms with Crippen molar-refractivity contribution in [2.45, 2.75) is 13.8 Å². The number of halogens is 1. The molecule has 1 heterocycles. The van der Waals surface area contributed by atoms with Gasteiger partial charge in [0.1, 0.15) is 0 Å². The molecule has 106 valence electrons. The van der Waals surface area contributed by atoms with Gasteiger partial charge in [-0.15, -0.1) is 0 Å². The van der Waals surface area contributed by atoms with Crippen LogP contribution in [0.5, 0.6) is 0 Å². The fraction of sp³-hybridized carbons (Fsp3) is 0.118. The Bertz CT molecular complexity index is 763. The summed E-state index contributed by atoms with van der Waals surface area (Å²) >= 11 is 3.59. The van der Waals surface area contributed by atoms with Gasteiger partial charge in [0.15, 0.2) is 0 Å². The largest absolute Gasteiger partial charge is 0.324 e. The number of anilines is 2. The van der Waals surface area contributed by atoms with Crippen LogP contribution < -0.4 is 5.32 Å². The summed E-state index contributed by atoms with van der Waals surface area (Å²) in [5.41, 5.74) is 4.28. The van der Waals surface area contributed by atoms with Gasteiger partial charge in [0, 0.05) is 16.4 Å². The van der Waals surface area contributed by atoms with Crippen LogP contribution in [-0.4, -0.2) is 9.55 Å².